The number of para-hydroxylation sites is 1. The molecular weight excluding hydrogens is 196 g/mol. The molecule has 0 aliphatic heterocycles. The van der Waals surface area contributed by atoms with Crippen molar-refractivity contribution in [2.75, 3.05) is 11.9 Å². The van der Waals surface area contributed by atoms with Crippen molar-refractivity contribution in [2.45, 2.75) is 6.92 Å². The molecule has 0 aromatic heterocycles. The van der Waals surface area contributed by atoms with Crippen molar-refractivity contribution in [3.63, 3.8) is 0 Å². The molecule has 0 saturated heterocycles. The molecule has 0 radical (unpaired) electrons. The summed E-state index contributed by atoms with van der Waals surface area (Å²) in [6.07, 6.45) is 0. The fraction of sp³-hybridized carbons (Fsp3) is 0.200. The molecule has 0 heterocycles. The number of rotatable bonds is 2. The Morgan fingerprint density at radius 1 is 1.47 bits per heavy atom. The molecule has 0 unspecified atom stereocenters. The lowest BCUT2D eigenvalue weighted by atomic mass is 10.3. The van der Waals surface area contributed by atoms with Crippen LogP contribution in [0.15, 0.2) is 35.5 Å². The molecule has 5 nitrogen and oxygen atoms in total. The zero-order valence-corrected chi connectivity index (χ0v) is 8.30. The van der Waals surface area contributed by atoms with Crippen molar-refractivity contribution in [2.24, 2.45) is 5.16 Å². The van der Waals surface area contributed by atoms with Crippen LogP contribution in [0.3, 0.4) is 0 Å². The van der Waals surface area contributed by atoms with Gasteiger partial charge in [-0.25, -0.2) is 0 Å². The molecule has 0 atom stereocenters. The van der Waals surface area contributed by atoms with Gasteiger partial charge in [0.2, 0.25) is 0 Å². The molecule has 1 rings (SSSR count). The van der Waals surface area contributed by atoms with Crippen LogP contribution in [0.2, 0.25) is 0 Å². The van der Waals surface area contributed by atoms with Gasteiger partial charge in [-0.3, -0.25) is 4.79 Å². The van der Waals surface area contributed by atoms with Crippen molar-refractivity contribution < 1.29 is 14.7 Å². The lowest BCUT2D eigenvalue weighted by molar-refractivity contribution is -0.111. The van der Waals surface area contributed by atoms with Gasteiger partial charge in [-0.05, 0) is 24.2 Å². The number of amides is 1. The molecule has 1 amide bonds. The Hall–Kier alpha value is -2.04. The summed E-state index contributed by atoms with van der Waals surface area (Å²) >= 11 is 0. The molecular formula is C10H12N2O3. The number of carbonyl (C=O) groups is 1. The number of carbonyl (C=O) groups excluding carboxylic acids is 1. The average Bonchev–Trinajstić information content (AvgIpc) is 2.27. The minimum Gasteiger partial charge on any atom is -0.472 e. The van der Waals surface area contributed by atoms with Crippen LogP contribution in [0.5, 0.6) is 0 Å². The lowest BCUT2D eigenvalue weighted by Gasteiger charge is -2.06. The van der Waals surface area contributed by atoms with Crippen molar-refractivity contribution in [1.29, 1.82) is 0 Å². The molecule has 0 saturated carbocycles. The second kappa shape index (κ2) is 5.64. The molecule has 0 aliphatic rings. The fourth-order valence-electron chi connectivity index (χ4n) is 0.983. The van der Waals surface area contributed by atoms with E-state index >= 15 is 0 Å². The molecule has 0 aliphatic carbocycles. The number of oxime groups is 1. The first-order chi connectivity index (χ1) is 7.27. The van der Waals surface area contributed by atoms with E-state index in [-0.39, 0.29) is 12.5 Å². The first kappa shape index (κ1) is 11.0. The Morgan fingerprint density at radius 3 is 2.67 bits per heavy atom. The molecule has 1 aromatic rings. The monoisotopic (exact) mass is 208 g/mol. The summed E-state index contributed by atoms with van der Waals surface area (Å²) < 4.78 is 4.81. The van der Waals surface area contributed by atoms with Crippen molar-refractivity contribution in [3.05, 3.63) is 30.3 Å². The number of anilines is 1. The Bertz CT molecular complexity index is 349. The quantitative estimate of drug-likeness (QED) is 0.334. The van der Waals surface area contributed by atoms with Gasteiger partial charge in [-0.15, -0.1) is 0 Å². The largest absolute Gasteiger partial charge is 0.472 e. The molecule has 0 fully saturated rings. The van der Waals surface area contributed by atoms with Crippen LogP contribution >= 0.6 is 0 Å². The average molecular weight is 208 g/mol. The maximum absolute atomic E-state index is 11.4. The van der Waals surface area contributed by atoms with Gasteiger partial charge in [0.05, 0.1) is 6.61 Å². The van der Waals surface area contributed by atoms with Crippen LogP contribution < -0.4 is 5.32 Å². The topological polar surface area (TPSA) is 70.9 Å². The van der Waals surface area contributed by atoms with E-state index in [1.807, 2.05) is 6.07 Å². The summed E-state index contributed by atoms with van der Waals surface area (Å²) in [6.45, 7) is 1.96. The van der Waals surface area contributed by atoms with E-state index in [9.17, 15) is 4.79 Å². The molecule has 80 valence electrons. The summed E-state index contributed by atoms with van der Waals surface area (Å²) in [5.74, 6) is -0.924. The van der Waals surface area contributed by atoms with E-state index < -0.39 is 5.91 Å². The van der Waals surface area contributed by atoms with Crippen molar-refractivity contribution in [3.8, 4) is 0 Å². The molecule has 2 N–H and O–H groups in total. The van der Waals surface area contributed by atoms with Crippen LogP contribution in [-0.4, -0.2) is 23.6 Å². The first-order valence-electron chi connectivity index (χ1n) is 4.49. The highest BCUT2D eigenvalue weighted by atomic mass is 16.5. The fourth-order valence-corrected chi connectivity index (χ4v) is 0.983. The van der Waals surface area contributed by atoms with Crippen LogP contribution in [-0.2, 0) is 9.53 Å². The predicted molar refractivity (Wildman–Crippen MR) is 55.9 cm³/mol. The highest BCUT2D eigenvalue weighted by molar-refractivity contribution is 6.39. The van der Waals surface area contributed by atoms with Gasteiger partial charge in [0.15, 0.2) is 0 Å². The SMILES string of the molecule is CCO/C(=N\O)C(=O)Nc1ccccc1. The minimum atomic E-state index is -0.578. The Morgan fingerprint density at radius 2 is 2.13 bits per heavy atom. The Labute approximate surface area is 87.4 Å². The van der Waals surface area contributed by atoms with Gasteiger partial charge in [0.25, 0.3) is 0 Å². The van der Waals surface area contributed by atoms with E-state index in [2.05, 4.69) is 10.5 Å². The second-order valence-corrected chi connectivity index (χ2v) is 2.66. The lowest BCUT2D eigenvalue weighted by Crippen LogP contribution is -2.25. The number of hydrogen-bond donors (Lipinski definition) is 2. The zero-order chi connectivity index (χ0) is 11.1. The number of nitrogens with one attached hydrogen (secondary N) is 1. The molecule has 5 heteroatoms. The molecule has 15 heavy (non-hydrogen) atoms. The van der Waals surface area contributed by atoms with Gasteiger partial charge in [0, 0.05) is 5.69 Å². The van der Waals surface area contributed by atoms with Gasteiger partial charge in [-0.2, -0.15) is 0 Å². The predicted octanol–water partition coefficient (Wildman–Crippen LogP) is 1.45. The Kier molecular flexibility index (Phi) is 4.15. The maximum atomic E-state index is 11.4. The van der Waals surface area contributed by atoms with E-state index in [1.165, 1.54) is 0 Å². The Balaban J connectivity index is 2.63. The normalized spacial score (nSPS) is 10.9. The highest BCUT2D eigenvalue weighted by Crippen LogP contribution is 2.04. The van der Waals surface area contributed by atoms with E-state index in [0.717, 1.165) is 0 Å². The third kappa shape index (κ3) is 3.30. The second-order valence-electron chi connectivity index (χ2n) is 2.66. The first-order valence-corrected chi connectivity index (χ1v) is 4.49. The number of hydrogen-bond acceptors (Lipinski definition) is 4. The molecule has 0 bridgehead atoms. The van der Waals surface area contributed by atoms with Crippen molar-refractivity contribution in [1.82, 2.24) is 0 Å². The maximum Gasteiger partial charge on any atom is 0.316 e. The summed E-state index contributed by atoms with van der Waals surface area (Å²) in [4.78, 5) is 11.4. The minimum absolute atomic E-state index is 0.265. The van der Waals surface area contributed by atoms with Crippen LogP contribution in [0, 0.1) is 0 Å². The van der Waals surface area contributed by atoms with Crippen molar-refractivity contribution >= 4 is 17.5 Å². The molecule has 1 aromatic carbocycles. The summed E-state index contributed by atoms with van der Waals surface area (Å²) in [7, 11) is 0. The van der Waals surface area contributed by atoms with Crippen LogP contribution in [0.1, 0.15) is 6.92 Å². The van der Waals surface area contributed by atoms with Gasteiger partial charge < -0.3 is 15.3 Å². The zero-order valence-electron chi connectivity index (χ0n) is 8.30. The third-order valence-electron chi connectivity index (χ3n) is 1.60. The van der Waals surface area contributed by atoms with E-state index in [0.29, 0.717) is 5.69 Å². The number of ether oxygens (including phenoxy) is 1. The number of benzene rings is 1. The van der Waals surface area contributed by atoms with Gasteiger partial charge in [0.1, 0.15) is 0 Å². The van der Waals surface area contributed by atoms with Crippen LogP contribution in [0.4, 0.5) is 5.69 Å². The van der Waals surface area contributed by atoms with E-state index in [1.54, 1.807) is 31.2 Å². The van der Waals surface area contributed by atoms with E-state index in [4.69, 9.17) is 9.94 Å². The third-order valence-corrected chi connectivity index (χ3v) is 1.60. The summed E-state index contributed by atoms with van der Waals surface area (Å²) in [5, 5.41) is 13.8. The summed E-state index contributed by atoms with van der Waals surface area (Å²) in [5.41, 5.74) is 0.614. The van der Waals surface area contributed by atoms with Gasteiger partial charge in [-0.1, -0.05) is 18.2 Å². The van der Waals surface area contributed by atoms with Crippen LogP contribution in [0.25, 0.3) is 0 Å². The number of nitrogens with zero attached hydrogens (tertiary/aromatic N) is 1. The smallest absolute Gasteiger partial charge is 0.316 e. The summed E-state index contributed by atoms with van der Waals surface area (Å²) in [6, 6.07) is 8.84. The highest BCUT2D eigenvalue weighted by Gasteiger charge is 2.12. The molecule has 0 spiro atoms. The standard InChI is InChI=1S/C10H12N2O3/c1-2-15-10(12-14)9(13)11-8-6-4-3-5-7-8/h3-7,14H,2H2,1H3,(H,11,13)/b12-10-. The van der Waals surface area contributed by atoms with Gasteiger partial charge >= 0.3 is 11.8 Å².